The number of likely N-dealkylation sites (tertiary alicyclic amines) is 1. The highest BCUT2D eigenvalue weighted by Crippen LogP contribution is 2.17. The molecule has 1 saturated heterocycles. The number of nitrogens with two attached hydrogens (primary N) is 1. The second-order valence-corrected chi connectivity index (χ2v) is 6.72. The fourth-order valence-electron chi connectivity index (χ4n) is 2.50. The molecule has 0 aromatic carbocycles. The Hall–Kier alpha value is -1.40. The zero-order chi connectivity index (χ0) is 15.2. The van der Waals surface area contributed by atoms with Gasteiger partial charge in [0.2, 0.25) is 5.91 Å². The summed E-state index contributed by atoms with van der Waals surface area (Å²) in [4.78, 5) is 27.8. The molecule has 1 aromatic rings. The first-order chi connectivity index (χ1) is 10.1. The first-order valence-electron chi connectivity index (χ1n) is 7.45. The minimum atomic E-state index is 0.000934. The summed E-state index contributed by atoms with van der Waals surface area (Å²) in [5.41, 5.74) is 5.42. The minimum absolute atomic E-state index is 0.000934. The quantitative estimate of drug-likeness (QED) is 0.866. The van der Waals surface area contributed by atoms with Crippen molar-refractivity contribution in [3.63, 3.8) is 0 Å². The molecule has 0 atom stereocenters. The number of amides is 2. The molecule has 0 radical (unpaired) electrons. The molecule has 21 heavy (non-hydrogen) atoms. The van der Waals surface area contributed by atoms with Crippen LogP contribution in [0.3, 0.4) is 0 Å². The Kier molecular flexibility index (Phi) is 5.76. The molecule has 0 bridgehead atoms. The average molecular weight is 309 g/mol. The number of carbonyl (C=O) groups is 2. The lowest BCUT2D eigenvalue weighted by atomic mass is 10.0. The van der Waals surface area contributed by atoms with Crippen LogP contribution >= 0.6 is 11.3 Å². The number of nitrogens with one attached hydrogen (secondary N) is 1. The van der Waals surface area contributed by atoms with Gasteiger partial charge in [0.1, 0.15) is 0 Å². The monoisotopic (exact) mass is 309 g/mol. The Morgan fingerprint density at radius 2 is 2.10 bits per heavy atom. The van der Waals surface area contributed by atoms with Gasteiger partial charge >= 0.3 is 0 Å². The van der Waals surface area contributed by atoms with E-state index >= 15 is 0 Å². The van der Waals surface area contributed by atoms with E-state index in [1.807, 2.05) is 24.0 Å². The molecular formula is C15H23N3O2S. The molecular weight excluding hydrogens is 286 g/mol. The van der Waals surface area contributed by atoms with Gasteiger partial charge in [0.15, 0.2) is 0 Å². The Bertz CT molecular complexity index is 493. The molecule has 6 heteroatoms. The maximum absolute atomic E-state index is 12.1. The van der Waals surface area contributed by atoms with E-state index < -0.39 is 0 Å². The fourth-order valence-corrected chi connectivity index (χ4v) is 3.27. The molecule has 0 saturated carbocycles. The van der Waals surface area contributed by atoms with Gasteiger partial charge in [-0.3, -0.25) is 9.59 Å². The maximum atomic E-state index is 12.1. The predicted molar refractivity (Wildman–Crippen MR) is 84.4 cm³/mol. The van der Waals surface area contributed by atoms with Crippen LogP contribution in [0.4, 0.5) is 0 Å². The number of nitrogens with zero attached hydrogens (tertiary/aromatic N) is 1. The van der Waals surface area contributed by atoms with E-state index in [2.05, 4.69) is 5.32 Å². The number of hydrogen-bond acceptors (Lipinski definition) is 4. The summed E-state index contributed by atoms with van der Waals surface area (Å²) < 4.78 is 0. The molecule has 1 aromatic heterocycles. The van der Waals surface area contributed by atoms with Crippen molar-refractivity contribution in [1.82, 2.24) is 10.2 Å². The second kappa shape index (κ2) is 7.56. The van der Waals surface area contributed by atoms with Crippen molar-refractivity contribution in [3.05, 3.63) is 21.9 Å². The van der Waals surface area contributed by atoms with Crippen molar-refractivity contribution in [1.29, 1.82) is 0 Å². The van der Waals surface area contributed by atoms with Gasteiger partial charge in [-0.1, -0.05) is 0 Å². The van der Waals surface area contributed by atoms with Crippen LogP contribution in [0, 0.1) is 6.92 Å². The van der Waals surface area contributed by atoms with E-state index in [9.17, 15) is 9.59 Å². The number of hydrogen-bond donors (Lipinski definition) is 2. The van der Waals surface area contributed by atoms with E-state index in [4.69, 9.17) is 5.73 Å². The van der Waals surface area contributed by atoms with Crippen molar-refractivity contribution in [2.24, 2.45) is 5.73 Å². The van der Waals surface area contributed by atoms with Crippen LogP contribution in [0.15, 0.2) is 12.1 Å². The van der Waals surface area contributed by atoms with Gasteiger partial charge < -0.3 is 16.0 Å². The van der Waals surface area contributed by atoms with Crippen LogP contribution in [0.5, 0.6) is 0 Å². The van der Waals surface area contributed by atoms with Gasteiger partial charge in [-0.25, -0.2) is 0 Å². The van der Waals surface area contributed by atoms with Crippen LogP contribution < -0.4 is 11.1 Å². The van der Waals surface area contributed by atoms with E-state index in [0.717, 1.165) is 42.1 Å². The minimum Gasteiger partial charge on any atom is -0.348 e. The molecule has 2 heterocycles. The lowest BCUT2D eigenvalue weighted by Gasteiger charge is -2.32. The Morgan fingerprint density at radius 3 is 2.67 bits per heavy atom. The predicted octanol–water partition coefficient (Wildman–Crippen LogP) is 1.52. The largest absolute Gasteiger partial charge is 0.348 e. The molecule has 116 valence electrons. The van der Waals surface area contributed by atoms with E-state index in [1.165, 1.54) is 11.3 Å². The third-order valence-corrected chi connectivity index (χ3v) is 4.74. The number of aryl methyl sites for hydroxylation is 1. The molecule has 2 rings (SSSR count). The van der Waals surface area contributed by atoms with Crippen molar-refractivity contribution in [3.8, 4) is 0 Å². The maximum Gasteiger partial charge on any atom is 0.261 e. The highest BCUT2D eigenvalue weighted by Gasteiger charge is 2.24. The van der Waals surface area contributed by atoms with Crippen molar-refractivity contribution < 1.29 is 9.59 Å². The van der Waals surface area contributed by atoms with Crippen LogP contribution in [0.25, 0.3) is 0 Å². The second-order valence-electron chi connectivity index (χ2n) is 5.43. The highest BCUT2D eigenvalue weighted by atomic mass is 32.1. The zero-order valence-corrected chi connectivity index (χ0v) is 13.2. The van der Waals surface area contributed by atoms with Crippen LogP contribution in [0.1, 0.15) is 40.2 Å². The first-order valence-corrected chi connectivity index (χ1v) is 8.27. The topological polar surface area (TPSA) is 75.4 Å². The third-order valence-electron chi connectivity index (χ3n) is 3.74. The number of thiophene rings is 1. The van der Waals surface area contributed by atoms with E-state index in [0.29, 0.717) is 13.0 Å². The molecule has 0 unspecified atom stereocenters. The summed E-state index contributed by atoms with van der Waals surface area (Å²) in [6.45, 7) is 3.99. The molecule has 0 spiro atoms. The molecule has 5 nitrogen and oxygen atoms in total. The first kappa shape index (κ1) is 16.0. The molecule has 2 amide bonds. The van der Waals surface area contributed by atoms with Crippen LogP contribution in [-0.4, -0.2) is 42.4 Å². The fraction of sp³-hybridized carbons (Fsp3) is 0.600. The lowest BCUT2D eigenvalue weighted by Crippen LogP contribution is -2.46. The molecule has 1 fully saturated rings. The van der Waals surface area contributed by atoms with Crippen LogP contribution in [0.2, 0.25) is 0 Å². The summed E-state index contributed by atoms with van der Waals surface area (Å²) in [7, 11) is 0. The van der Waals surface area contributed by atoms with Crippen LogP contribution in [-0.2, 0) is 4.79 Å². The summed E-state index contributed by atoms with van der Waals surface area (Å²) >= 11 is 1.51. The molecule has 1 aliphatic rings. The summed E-state index contributed by atoms with van der Waals surface area (Å²) in [5.74, 6) is 0.181. The average Bonchev–Trinajstić information content (AvgIpc) is 2.92. The van der Waals surface area contributed by atoms with Gasteiger partial charge in [-0.2, -0.15) is 0 Å². The lowest BCUT2D eigenvalue weighted by molar-refractivity contribution is -0.132. The third kappa shape index (κ3) is 4.54. The normalized spacial score (nSPS) is 16.0. The molecule has 1 aliphatic heterocycles. The van der Waals surface area contributed by atoms with E-state index in [-0.39, 0.29) is 17.9 Å². The Labute approximate surface area is 129 Å². The van der Waals surface area contributed by atoms with Gasteiger partial charge in [-0.05, 0) is 44.9 Å². The molecule has 0 aliphatic carbocycles. The van der Waals surface area contributed by atoms with Crippen molar-refractivity contribution in [2.75, 3.05) is 19.6 Å². The van der Waals surface area contributed by atoms with Crippen molar-refractivity contribution >= 4 is 23.2 Å². The standard InChI is InChI=1S/C15H23N3O2S/c1-11-4-5-13(21-11)15(20)17-12-6-9-18(10-7-12)14(19)3-2-8-16/h4-5,12H,2-3,6-10,16H2,1H3,(H,17,20). The number of rotatable bonds is 5. The summed E-state index contributed by atoms with van der Waals surface area (Å²) in [6, 6.07) is 3.98. The molecule has 3 N–H and O–H groups in total. The smallest absolute Gasteiger partial charge is 0.261 e. The zero-order valence-electron chi connectivity index (χ0n) is 12.4. The Morgan fingerprint density at radius 1 is 1.38 bits per heavy atom. The number of carbonyl (C=O) groups excluding carboxylic acids is 2. The SMILES string of the molecule is Cc1ccc(C(=O)NC2CCN(C(=O)CCCN)CC2)s1. The van der Waals surface area contributed by atoms with Gasteiger partial charge in [0, 0.05) is 30.4 Å². The number of piperidine rings is 1. The summed E-state index contributed by atoms with van der Waals surface area (Å²) in [6.07, 6.45) is 2.92. The van der Waals surface area contributed by atoms with Crippen molar-refractivity contribution in [2.45, 2.75) is 38.6 Å². The highest BCUT2D eigenvalue weighted by molar-refractivity contribution is 7.13. The van der Waals surface area contributed by atoms with E-state index in [1.54, 1.807) is 0 Å². The Balaban J connectivity index is 1.76. The van der Waals surface area contributed by atoms with Gasteiger partial charge in [0.05, 0.1) is 4.88 Å². The van der Waals surface area contributed by atoms with Gasteiger partial charge in [0.25, 0.3) is 5.91 Å². The summed E-state index contributed by atoms with van der Waals surface area (Å²) in [5, 5.41) is 3.06. The van der Waals surface area contributed by atoms with Gasteiger partial charge in [-0.15, -0.1) is 11.3 Å².